The first-order valence-corrected chi connectivity index (χ1v) is 6.58. The monoisotopic (exact) mass is 243 g/mol. The number of carbonyl (C=O) groups excluding carboxylic acids is 2. The van der Waals surface area contributed by atoms with Gasteiger partial charge >= 0.3 is 5.97 Å². The molecule has 100 valence electrons. The molecule has 1 N–H and O–H groups in total. The summed E-state index contributed by atoms with van der Waals surface area (Å²) in [6.07, 6.45) is 4.21. The van der Waals surface area contributed by atoms with Crippen LogP contribution in [0.25, 0.3) is 0 Å². The van der Waals surface area contributed by atoms with Gasteiger partial charge in [-0.15, -0.1) is 0 Å². The molecule has 0 bridgehead atoms. The molecule has 0 radical (unpaired) electrons. The van der Waals surface area contributed by atoms with E-state index >= 15 is 0 Å². The maximum absolute atomic E-state index is 11.8. The highest BCUT2D eigenvalue weighted by atomic mass is 16.5. The molecule has 0 spiro atoms. The Bertz CT molecular complexity index is 229. The molecule has 0 aromatic carbocycles. The molecule has 0 fully saturated rings. The molecule has 0 aromatic heterocycles. The van der Waals surface area contributed by atoms with Gasteiger partial charge in [-0.2, -0.15) is 0 Å². The summed E-state index contributed by atoms with van der Waals surface area (Å²) in [5.41, 5.74) is 0. The fraction of sp³-hybridized carbons (Fsp3) is 0.846. The summed E-state index contributed by atoms with van der Waals surface area (Å²) >= 11 is 0. The van der Waals surface area contributed by atoms with Crippen LogP contribution >= 0.6 is 0 Å². The predicted octanol–water partition coefficient (Wildman–Crippen LogP) is 2.27. The van der Waals surface area contributed by atoms with Crippen molar-refractivity contribution in [2.75, 3.05) is 13.2 Å². The molecule has 17 heavy (non-hydrogen) atoms. The number of unbranched alkanes of at least 4 members (excludes halogenated alkanes) is 1. The molecule has 0 aliphatic rings. The van der Waals surface area contributed by atoms with Gasteiger partial charge in [0.1, 0.15) is 0 Å². The first-order valence-electron chi connectivity index (χ1n) is 6.58. The number of esters is 1. The Kier molecular flexibility index (Phi) is 9.49. The first kappa shape index (κ1) is 15.9. The molecule has 4 nitrogen and oxygen atoms in total. The average Bonchev–Trinajstić information content (AvgIpc) is 2.30. The lowest BCUT2D eigenvalue weighted by molar-refractivity contribution is -0.143. The highest BCUT2D eigenvalue weighted by molar-refractivity contribution is 5.79. The standard InChI is InChI=1S/C13H25NO3/c1-4-7-8-11(5-2)13(16)14-10-9-12(15)17-6-3/h11H,4-10H2,1-3H3,(H,14,16). The van der Waals surface area contributed by atoms with Gasteiger partial charge in [-0.1, -0.05) is 26.7 Å². The van der Waals surface area contributed by atoms with Crippen molar-refractivity contribution in [2.24, 2.45) is 5.92 Å². The van der Waals surface area contributed by atoms with E-state index in [-0.39, 0.29) is 24.2 Å². The lowest BCUT2D eigenvalue weighted by Crippen LogP contribution is -2.32. The topological polar surface area (TPSA) is 55.4 Å². The molecule has 0 saturated carbocycles. The van der Waals surface area contributed by atoms with Crippen molar-refractivity contribution >= 4 is 11.9 Å². The second kappa shape index (κ2) is 10.1. The van der Waals surface area contributed by atoms with Gasteiger partial charge in [0, 0.05) is 12.5 Å². The fourth-order valence-electron chi connectivity index (χ4n) is 1.64. The maximum Gasteiger partial charge on any atom is 0.307 e. The number of carbonyl (C=O) groups is 2. The van der Waals surface area contributed by atoms with Gasteiger partial charge in [0.2, 0.25) is 5.91 Å². The summed E-state index contributed by atoms with van der Waals surface area (Å²) in [5, 5.41) is 2.79. The van der Waals surface area contributed by atoms with Crippen LogP contribution in [0.5, 0.6) is 0 Å². The zero-order chi connectivity index (χ0) is 13.1. The van der Waals surface area contributed by atoms with Crippen LogP contribution in [0, 0.1) is 5.92 Å². The Morgan fingerprint density at radius 3 is 2.47 bits per heavy atom. The second-order valence-corrected chi connectivity index (χ2v) is 4.09. The van der Waals surface area contributed by atoms with Crippen LogP contribution < -0.4 is 5.32 Å². The fourth-order valence-corrected chi connectivity index (χ4v) is 1.64. The number of hydrogen-bond acceptors (Lipinski definition) is 3. The molecule has 4 heteroatoms. The molecule has 0 rings (SSSR count). The van der Waals surface area contributed by atoms with E-state index in [1.807, 2.05) is 6.92 Å². The van der Waals surface area contributed by atoms with Gasteiger partial charge in [-0.3, -0.25) is 9.59 Å². The van der Waals surface area contributed by atoms with Crippen molar-refractivity contribution in [2.45, 2.75) is 52.9 Å². The number of rotatable bonds is 9. The van der Waals surface area contributed by atoms with E-state index in [9.17, 15) is 9.59 Å². The summed E-state index contributed by atoms with van der Waals surface area (Å²) in [7, 11) is 0. The zero-order valence-electron chi connectivity index (χ0n) is 11.3. The Hall–Kier alpha value is -1.06. The van der Waals surface area contributed by atoms with Crippen LogP contribution in [0.1, 0.15) is 52.9 Å². The summed E-state index contributed by atoms with van der Waals surface area (Å²) < 4.78 is 4.79. The van der Waals surface area contributed by atoms with Gasteiger partial charge in [-0.05, 0) is 19.8 Å². The van der Waals surface area contributed by atoms with E-state index in [2.05, 4.69) is 12.2 Å². The van der Waals surface area contributed by atoms with Crippen molar-refractivity contribution in [3.05, 3.63) is 0 Å². The predicted molar refractivity (Wildman–Crippen MR) is 67.6 cm³/mol. The maximum atomic E-state index is 11.8. The third-order valence-electron chi connectivity index (χ3n) is 2.70. The van der Waals surface area contributed by atoms with Crippen LogP contribution in [0.2, 0.25) is 0 Å². The van der Waals surface area contributed by atoms with Crippen LogP contribution in [-0.2, 0) is 14.3 Å². The van der Waals surface area contributed by atoms with Crippen LogP contribution in [-0.4, -0.2) is 25.0 Å². The molecule has 0 aliphatic heterocycles. The van der Waals surface area contributed by atoms with Crippen LogP contribution in [0.3, 0.4) is 0 Å². The zero-order valence-corrected chi connectivity index (χ0v) is 11.3. The van der Waals surface area contributed by atoms with Crippen LogP contribution in [0.4, 0.5) is 0 Å². The lowest BCUT2D eigenvalue weighted by Gasteiger charge is -2.14. The van der Waals surface area contributed by atoms with Gasteiger partial charge in [0.25, 0.3) is 0 Å². The highest BCUT2D eigenvalue weighted by Gasteiger charge is 2.15. The van der Waals surface area contributed by atoms with E-state index < -0.39 is 0 Å². The van der Waals surface area contributed by atoms with E-state index in [4.69, 9.17) is 4.74 Å². The minimum atomic E-state index is -0.255. The Balaban J connectivity index is 3.78. The molecule has 1 atom stereocenters. The minimum absolute atomic E-state index is 0.0604. The number of hydrogen-bond donors (Lipinski definition) is 1. The van der Waals surface area contributed by atoms with Gasteiger partial charge in [-0.25, -0.2) is 0 Å². The molecular formula is C13H25NO3. The second-order valence-electron chi connectivity index (χ2n) is 4.09. The van der Waals surface area contributed by atoms with E-state index in [1.54, 1.807) is 6.92 Å². The van der Waals surface area contributed by atoms with Gasteiger partial charge in [0.05, 0.1) is 13.0 Å². The molecule has 0 aliphatic carbocycles. The average molecular weight is 243 g/mol. The molecule has 0 heterocycles. The highest BCUT2D eigenvalue weighted by Crippen LogP contribution is 2.12. The number of ether oxygens (including phenoxy) is 1. The van der Waals surface area contributed by atoms with Crippen LogP contribution in [0.15, 0.2) is 0 Å². The summed E-state index contributed by atoms with van der Waals surface area (Å²) in [4.78, 5) is 22.8. The van der Waals surface area contributed by atoms with Crippen molar-refractivity contribution < 1.29 is 14.3 Å². The molecule has 1 amide bonds. The molecular weight excluding hydrogens is 218 g/mol. The molecule has 0 aromatic rings. The summed E-state index contributed by atoms with van der Waals surface area (Å²) in [6.45, 7) is 6.67. The van der Waals surface area contributed by atoms with Crippen molar-refractivity contribution in [1.82, 2.24) is 5.32 Å². The first-order chi connectivity index (χ1) is 8.15. The third kappa shape index (κ3) is 7.77. The van der Waals surface area contributed by atoms with Gasteiger partial charge < -0.3 is 10.1 Å². The SMILES string of the molecule is CCCCC(CC)C(=O)NCCC(=O)OCC. The molecule has 0 saturated heterocycles. The largest absolute Gasteiger partial charge is 0.466 e. The van der Waals surface area contributed by atoms with Crippen molar-refractivity contribution in [1.29, 1.82) is 0 Å². The number of nitrogens with one attached hydrogen (secondary N) is 1. The Morgan fingerprint density at radius 1 is 1.24 bits per heavy atom. The normalized spacial score (nSPS) is 11.9. The third-order valence-corrected chi connectivity index (χ3v) is 2.70. The van der Waals surface area contributed by atoms with Crippen molar-refractivity contribution in [3.8, 4) is 0 Å². The summed E-state index contributed by atoms with van der Waals surface area (Å²) in [6, 6.07) is 0. The van der Waals surface area contributed by atoms with E-state index in [1.165, 1.54) is 0 Å². The van der Waals surface area contributed by atoms with E-state index in [0.717, 1.165) is 25.7 Å². The minimum Gasteiger partial charge on any atom is -0.466 e. The number of amides is 1. The Morgan fingerprint density at radius 2 is 1.94 bits per heavy atom. The quantitative estimate of drug-likeness (QED) is 0.632. The van der Waals surface area contributed by atoms with Crippen molar-refractivity contribution in [3.63, 3.8) is 0 Å². The Labute approximate surface area is 104 Å². The molecule has 1 unspecified atom stereocenters. The lowest BCUT2D eigenvalue weighted by atomic mass is 9.98. The smallest absolute Gasteiger partial charge is 0.307 e. The van der Waals surface area contributed by atoms with E-state index in [0.29, 0.717) is 13.2 Å². The summed E-state index contributed by atoms with van der Waals surface area (Å²) in [5.74, 6) is -0.114. The van der Waals surface area contributed by atoms with Gasteiger partial charge in [0.15, 0.2) is 0 Å².